The van der Waals surface area contributed by atoms with Gasteiger partial charge < -0.3 is 14.2 Å². The van der Waals surface area contributed by atoms with Crippen molar-refractivity contribution < 1.29 is 32.3 Å². The van der Waals surface area contributed by atoms with Crippen molar-refractivity contribution in [1.29, 1.82) is 0 Å². The van der Waals surface area contributed by atoms with Crippen LogP contribution in [0.3, 0.4) is 0 Å². The Hall–Kier alpha value is -2.05. The Balaban J connectivity index is 1.69. The van der Waals surface area contributed by atoms with Crippen LogP contribution in [0.5, 0.6) is 0 Å². The van der Waals surface area contributed by atoms with Gasteiger partial charge in [-0.2, -0.15) is 0 Å². The summed E-state index contributed by atoms with van der Waals surface area (Å²) in [6.07, 6.45) is 16.3. The summed E-state index contributed by atoms with van der Waals surface area (Å²) in [6, 6.07) is 0. The zero-order valence-electron chi connectivity index (χ0n) is 12.0. The molecule has 0 aromatic rings. The minimum atomic E-state index is -4.06. The standard InChI is InChI=1S/C15H15O7P/c16-23(20-13-7-1-4-10-17-13,21-14-8-2-5-11-18-14)22-15-9-3-6-12-19-15/h1-15H. The minimum absolute atomic E-state index is 0.906. The van der Waals surface area contributed by atoms with Crippen LogP contribution < -0.4 is 0 Å². The molecule has 0 bridgehead atoms. The van der Waals surface area contributed by atoms with Crippen LogP contribution in [0.4, 0.5) is 0 Å². The number of phosphoric acid groups is 1. The average molecular weight is 338 g/mol. The van der Waals surface area contributed by atoms with Gasteiger partial charge in [-0.1, -0.05) is 18.2 Å². The van der Waals surface area contributed by atoms with Gasteiger partial charge in [-0.15, -0.1) is 0 Å². The smallest absolute Gasteiger partial charge is 0.468 e. The second-order valence-corrected chi connectivity index (χ2v) is 5.94. The highest BCUT2D eigenvalue weighted by Crippen LogP contribution is 2.54. The molecule has 23 heavy (non-hydrogen) atoms. The third kappa shape index (κ3) is 4.71. The van der Waals surface area contributed by atoms with E-state index in [1.807, 2.05) is 0 Å². The molecule has 0 N–H and O–H groups in total. The fourth-order valence-corrected chi connectivity index (χ4v) is 3.01. The van der Waals surface area contributed by atoms with E-state index in [2.05, 4.69) is 0 Å². The van der Waals surface area contributed by atoms with Gasteiger partial charge in [0.1, 0.15) is 0 Å². The van der Waals surface area contributed by atoms with E-state index < -0.39 is 26.7 Å². The number of phosphoric ester groups is 1. The van der Waals surface area contributed by atoms with Crippen molar-refractivity contribution in [3.63, 3.8) is 0 Å². The van der Waals surface area contributed by atoms with Crippen molar-refractivity contribution in [3.8, 4) is 0 Å². The molecule has 3 aliphatic rings. The molecule has 3 unspecified atom stereocenters. The molecule has 0 fully saturated rings. The predicted octanol–water partition coefficient (Wildman–Crippen LogP) is 3.42. The summed E-state index contributed by atoms with van der Waals surface area (Å²) in [4.78, 5) is 0. The van der Waals surface area contributed by atoms with Gasteiger partial charge in [-0.3, -0.25) is 0 Å². The highest BCUT2D eigenvalue weighted by Gasteiger charge is 2.37. The van der Waals surface area contributed by atoms with Gasteiger partial charge in [0, 0.05) is 0 Å². The van der Waals surface area contributed by atoms with Crippen LogP contribution in [0, 0.1) is 0 Å². The van der Waals surface area contributed by atoms with Gasteiger partial charge in [-0.25, -0.2) is 18.1 Å². The molecule has 3 atom stereocenters. The Morgan fingerprint density at radius 3 is 1.22 bits per heavy atom. The Morgan fingerprint density at radius 2 is 0.957 bits per heavy atom. The summed E-state index contributed by atoms with van der Waals surface area (Å²) in [7, 11) is -4.06. The van der Waals surface area contributed by atoms with Crippen LogP contribution in [-0.2, 0) is 32.3 Å². The van der Waals surface area contributed by atoms with Gasteiger partial charge in [0.05, 0.1) is 18.8 Å². The molecule has 7 nitrogen and oxygen atoms in total. The molecule has 0 aliphatic carbocycles. The van der Waals surface area contributed by atoms with Gasteiger partial charge in [0.15, 0.2) is 0 Å². The molecule has 0 aromatic carbocycles. The molecule has 0 radical (unpaired) electrons. The van der Waals surface area contributed by atoms with E-state index in [-0.39, 0.29) is 0 Å². The first kappa shape index (κ1) is 15.8. The van der Waals surface area contributed by atoms with Gasteiger partial charge in [0.2, 0.25) is 18.9 Å². The average Bonchev–Trinajstić information content (AvgIpc) is 2.57. The van der Waals surface area contributed by atoms with Crippen LogP contribution in [0.15, 0.2) is 73.5 Å². The highest BCUT2D eigenvalue weighted by atomic mass is 31.2. The molecule has 0 saturated carbocycles. The number of hydrogen-bond donors (Lipinski definition) is 0. The van der Waals surface area contributed by atoms with Gasteiger partial charge in [-0.05, 0) is 36.5 Å². The van der Waals surface area contributed by atoms with Crippen LogP contribution in [0.25, 0.3) is 0 Å². The van der Waals surface area contributed by atoms with E-state index >= 15 is 0 Å². The number of allylic oxidation sites excluding steroid dienone is 6. The molecule has 8 heteroatoms. The normalized spacial score (nSPS) is 30.3. The third-order valence-electron chi connectivity index (χ3n) is 2.71. The van der Waals surface area contributed by atoms with Crippen molar-refractivity contribution in [3.05, 3.63) is 73.5 Å². The molecule has 0 amide bonds. The lowest BCUT2D eigenvalue weighted by Crippen LogP contribution is -2.22. The molecule has 122 valence electrons. The largest absolute Gasteiger partial charge is 0.485 e. The monoisotopic (exact) mass is 338 g/mol. The Morgan fingerprint density at radius 1 is 0.609 bits per heavy atom. The summed E-state index contributed by atoms with van der Waals surface area (Å²) in [5.41, 5.74) is 0. The summed E-state index contributed by atoms with van der Waals surface area (Å²) in [5.74, 6) is 0. The summed E-state index contributed by atoms with van der Waals surface area (Å²) in [5, 5.41) is 0. The van der Waals surface area contributed by atoms with Crippen molar-refractivity contribution in [2.24, 2.45) is 0 Å². The van der Waals surface area contributed by atoms with E-state index in [4.69, 9.17) is 27.8 Å². The molecular formula is C15H15O7P. The van der Waals surface area contributed by atoms with Crippen LogP contribution >= 0.6 is 7.82 Å². The molecule has 3 rings (SSSR count). The summed E-state index contributed by atoms with van der Waals surface area (Å²) < 4.78 is 44.6. The zero-order valence-corrected chi connectivity index (χ0v) is 12.9. The van der Waals surface area contributed by atoms with Crippen molar-refractivity contribution in [1.82, 2.24) is 0 Å². The lowest BCUT2D eigenvalue weighted by molar-refractivity contribution is -0.0935. The second kappa shape index (κ2) is 7.48. The Kier molecular flexibility index (Phi) is 5.15. The van der Waals surface area contributed by atoms with Crippen molar-refractivity contribution in [2.75, 3.05) is 0 Å². The van der Waals surface area contributed by atoms with Crippen LogP contribution in [0.2, 0.25) is 0 Å². The highest BCUT2D eigenvalue weighted by molar-refractivity contribution is 7.48. The minimum Gasteiger partial charge on any atom is -0.468 e. The second-order valence-electron chi connectivity index (χ2n) is 4.42. The fourth-order valence-electron chi connectivity index (χ4n) is 1.74. The lowest BCUT2D eigenvalue weighted by atomic mass is 10.4. The van der Waals surface area contributed by atoms with E-state index in [1.54, 1.807) is 54.7 Å². The maximum atomic E-state index is 12.9. The Bertz CT molecular complexity index is 546. The number of hydrogen-bond acceptors (Lipinski definition) is 7. The zero-order chi connectivity index (χ0) is 16.0. The molecule has 0 aromatic heterocycles. The molecular weight excluding hydrogens is 323 g/mol. The molecule has 0 saturated heterocycles. The van der Waals surface area contributed by atoms with E-state index in [9.17, 15) is 4.57 Å². The molecule has 3 aliphatic heterocycles. The van der Waals surface area contributed by atoms with Crippen LogP contribution in [-0.4, -0.2) is 18.9 Å². The quantitative estimate of drug-likeness (QED) is 0.687. The van der Waals surface area contributed by atoms with Crippen LogP contribution in [0.1, 0.15) is 0 Å². The first-order valence-corrected chi connectivity index (χ1v) is 8.31. The summed E-state index contributed by atoms with van der Waals surface area (Å²) >= 11 is 0. The van der Waals surface area contributed by atoms with E-state index in [1.165, 1.54) is 18.8 Å². The molecule has 0 spiro atoms. The first-order valence-electron chi connectivity index (χ1n) is 6.85. The topological polar surface area (TPSA) is 72.5 Å². The maximum Gasteiger partial charge on any atom is 0.485 e. The fraction of sp³-hybridized carbons (Fsp3) is 0.200. The first-order chi connectivity index (χ1) is 11.2. The molecule has 3 heterocycles. The van der Waals surface area contributed by atoms with Crippen molar-refractivity contribution in [2.45, 2.75) is 18.9 Å². The van der Waals surface area contributed by atoms with Gasteiger partial charge >= 0.3 is 7.82 Å². The van der Waals surface area contributed by atoms with Crippen molar-refractivity contribution >= 4 is 7.82 Å². The number of ether oxygens (including phenoxy) is 3. The van der Waals surface area contributed by atoms with E-state index in [0.29, 0.717) is 0 Å². The van der Waals surface area contributed by atoms with Gasteiger partial charge in [0.25, 0.3) is 0 Å². The maximum absolute atomic E-state index is 12.9. The number of rotatable bonds is 6. The Labute approximate surface area is 133 Å². The lowest BCUT2D eigenvalue weighted by Gasteiger charge is -2.27. The predicted molar refractivity (Wildman–Crippen MR) is 80.3 cm³/mol. The third-order valence-corrected chi connectivity index (χ3v) is 4.11. The summed E-state index contributed by atoms with van der Waals surface area (Å²) in [6.45, 7) is 0. The van der Waals surface area contributed by atoms with E-state index in [0.717, 1.165) is 0 Å². The SMILES string of the molecule is O=P(OC1C=CC=CO1)(OC1C=CC=CO1)OC1C=CC=CO1.